The second-order valence-corrected chi connectivity index (χ2v) is 3.52. The molecule has 0 aromatic carbocycles. The summed E-state index contributed by atoms with van der Waals surface area (Å²) in [6.07, 6.45) is 3.74. The van der Waals surface area contributed by atoms with E-state index in [4.69, 9.17) is 5.73 Å². The van der Waals surface area contributed by atoms with Gasteiger partial charge < -0.3 is 10.1 Å². The first-order valence-corrected chi connectivity index (χ1v) is 4.23. The fourth-order valence-corrected chi connectivity index (χ4v) is 1.42. The molecule has 11 heavy (non-hydrogen) atoms. The Balaban J connectivity index is 2.82. The molecule has 2 aromatic heterocycles. The quantitative estimate of drug-likeness (QED) is 0.729. The Bertz CT molecular complexity index is 393. The highest BCUT2D eigenvalue weighted by atomic mass is 127. The van der Waals surface area contributed by atoms with Crippen LogP contribution in [0.5, 0.6) is 0 Å². The van der Waals surface area contributed by atoms with Gasteiger partial charge in [-0.2, -0.15) is 0 Å². The number of hydrogen-bond acceptors (Lipinski definition) is 2. The van der Waals surface area contributed by atoms with Gasteiger partial charge >= 0.3 is 0 Å². The van der Waals surface area contributed by atoms with E-state index in [1.54, 1.807) is 6.20 Å². The monoisotopic (exact) mass is 259 g/mol. The van der Waals surface area contributed by atoms with Gasteiger partial charge in [0.25, 0.3) is 0 Å². The van der Waals surface area contributed by atoms with Crippen molar-refractivity contribution >= 4 is 34.1 Å². The van der Waals surface area contributed by atoms with Crippen molar-refractivity contribution in [1.82, 2.24) is 9.38 Å². The van der Waals surface area contributed by atoms with Crippen LogP contribution < -0.4 is 5.73 Å². The van der Waals surface area contributed by atoms with Crippen LogP contribution in [-0.4, -0.2) is 9.38 Å². The van der Waals surface area contributed by atoms with E-state index in [9.17, 15) is 0 Å². The largest absolute Gasteiger partial charge is 0.382 e. The maximum Gasteiger partial charge on any atom is 0.142 e. The van der Waals surface area contributed by atoms with Gasteiger partial charge in [-0.15, -0.1) is 0 Å². The van der Waals surface area contributed by atoms with Crippen LogP contribution in [0.15, 0.2) is 24.5 Å². The summed E-state index contributed by atoms with van der Waals surface area (Å²) in [6, 6.07) is 3.99. The van der Waals surface area contributed by atoms with E-state index in [1.165, 1.54) is 3.57 Å². The summed E-state index contributed by atoms with van der Waals surface area (Å²) in [4.78, 5) is 4.11. The maximum absolute atomic E-state index is 5.51. The van der Waals surface area contributed by atoms with E-state index < -0.39 is 0 Å². The Morgan fingerprint density at radius 3 is 3.18 bits per heavy atom. The minimum absolute atomic E-state index is 0.562. The molecule has 2 heterocycles. The molecule has 0 aliphatic heterocycles. The van der Waals surface area contributed by atoms with Crippen LogP contribution in [0.25, 0.3) is 5.65 Å². The second-order valence-electron chi connectivity index (χ2n) is 2.28. The van der Waals surface area contributed by atoms with Gasteiger partial charge in [0, 0.05) is 9.77 Å². The van der Waals surface area contributed by atoms with Gasteiger partial charge in [-0.25, -0.2) is 4.98 Å². The topological polar surface area (TPSA) is 43.3 Å². The Morgan fingerprint density at radius 1 is 1.55 bits per heavy atom. The molecule has 2 rings (SSSR count). The van der Waals surface area contributed by atoms with Crippen molar-refractivity contribution in [1.29, 1.82) is 0 Å². The zero-order valence-corrected chi connectivity index (χ0v) is 7.82. The van der Waals surface area contributed by atoms with Crippen LogP contribution in [0.4, 0.5) is 5.82 Å². The smallest absolute Gasteiger partial charge is 0.142 e. The molecule has 0 aliphatic rings. The first kappa shape index (κ1) is 6.90. The van der Waals surface area contributed by atoms with Crippen molar-refractivity contribution in [2.45, 2.75) is 0 Å². The Labute approximate surface area is 77.4 Å². The van der Waals surface area contributed by atoms with Gasteiger partial charge in [0.2, 0.25) is 0 Å². The fourth-order valence-electron chi connectivity index (χ4n) is 0.977. The third kappa shape index (κ3) is 1.18. The summed E-state index contributed by atoms with van der Waals surface area (Å²) in [7, 11) is 0. The first-order chi connectivity index (χ1) is 5.25. The molecule has 0 unspecified atom stereocenters. The van der Waals surface area contributed by atoms with Crippen molar-refractivity contribution in [3.63, 3.8) is 0 Å². The van der Waals surface area contributed by atoms with Gasteiger partial charge in [-0.1, -0.05) is 0 Å². The van der Waals surface area contributed by atoms with Gasteiger partial charge in [-0.05, 0) is 34.7 Å². The Kier molecular flexibility index (Phi) is 1.49. The molecule has 2 N–H and O–H groups in total. The van der Waals surface area contributed by atoms with Gasteiger partial charge in [-0.3, -0.25) is 0 Å². The van der Waals surface area contributed by atoms with Gasteiger partial charge in [0.15, 0.2) is 0 Å². The molecule has 0 fully saturated rings. The van der Waals surface area contributed by atoms with E-state index in [2.05, 4.69) is 27.6 Å². The lowest BCUT2D eigenvalue weighted by atomic mass is 10.5. The molecule has 0 aliphatic carbocycles. The van der Waals surface area contributed by atoms with Crippen molar-refractivity contribution < 1.29 is 0 Å². The van der Waals surface area contributed by atoms with Gasteiger partial charge in [0.05, 0.1) is 6.20 Å². The highest BCUT2D eigenvalue weighted by Gasteiger charge is 1.96. The predicted octanol–water partition coefficient (Wildman–Crippen LogP) is 1.52. The van der Waals surface area contributed by atoms with Crippen LogP contribution in [0.1, 0.15) is 0 Å². The minimum Gasteiger partial charge on any atom is -0.382 e. The standard InChI is InChI=1S/C7H6IN3/c8-5-1-2-11-4-6(9)10-7(11)3-5/h1-4H,9H2. The summed E-state index contributed by atoms with van der Waals surface area (Å²) in [6.45, 7) is 0. The van der Waals surface area contributed by atoms with Crippen LogP contribution in [0, 0.1) is 3.57 Å². The lowest BCUT2D eigenvalue weighted by molar-refractivity contribution is 1.18. The van der Waals surface area contributed by atoms with E-state index >= 15 is 0 Å². The average Bonchev–Trinajstić information content (AvgIpc) is 2.27. The average molecular weight is 259 g/mol. The third-order valence-electron chi connectivity index (χ3n) is 1.44. The lowest BCUT2D eigenvalue weighted by Crippen LogP contribution is -1.81. The molecule has 4 heteroatoms. The highest BCUT2D eigenvalue weighted by Crippen LogP contribution is 2.10. The molecule has 2 aromatic rings. The molecule has 0 saturated heterocycles. The molecule has 0 amide bonds. The summed E-state index contributed by atoms with van der Waals surface area (Å²) < 4.78 is 3.07. The number of rotatable bonds is 0. The third-order valence-corrected chi connectivity index (χ3v) is 2.11. The van der Waals surface area contributed by atoms with Gasteiger partial charge in [0.1, 0.15) is 11.5 Å². The lowest BCUT2D eigenvalue weighted by Gasteiger charge is -1.91. The number of aromatic nitrogens is 2. The number of nitrogens with zero attached hydrogens (tertiary/aromatic N) is 2. The normalized spacial score (nSPS) is 10.6. The summed E-state index contributed by atoms with van der Waals surface area (Å²) in [5, 5.41) is 0. The van der Waals surface area contributed by atoms with E-state index in [0.717, 1.165) is 5.65 Å². The zero-order chi connectivity index (χ0) is 7.84. The van der Waals surface area contributed by atoms with E-state index in [-0.39, 0.29) is 0 Å². The van der Waals surface area contributed by atoms with Crippen molar-refractivity contribution in [2.24, 2.45) is 0 Å². The zero-order valence-electron chi connectivity index (χ0n) is 5.66. The SMILES string of the molecule is Nc1cn2ccc(I)cc2n1. The number of anilines is 1. The molecule has 3 nitrogen and oxygen atoms in total. The van der Waals surface area contributed by atoms with Crippen LogP contribution >= 0.6 is 22.6 Å². The van der Waals surface area contributed by atoms with Crippen LogP contribution in [0.2, 0.25) is 0 Å². The van der Waals surface area contributed by atoms with Crippen molar-refractivity contribution in [2.75, 3.05) is 5.73 Å². The van der Waals surface area contributed by atoms with Crippen LogP contribution in [-0.2, 0) is 0 Å². The summed E-state index contributed by atoms with van der Waals surface area (Å²) in [5.74, 6) is 0.562. The molecule has 56 valence electrons. The van der Waals surface area contributed by atoms with E-state index in [0.29, 0.717) is 5.82 Å². The van der Waals surface area contributed by atoms with Crippen molar-refractivity contribution in [3.05, 3.63) is 28.1 Å². The predicted molar refractivity (Wildman–Crippen MR) is 52.3 cm³/mol. The molecule has 0 atom stereocenters. The number of fused-ring (bicyclic) bond motifs is 1. The Morgan fingerprint density at radius 2 is 2.36 bits per heavy atom. The second kappa shape index (κ2) is 2.37. The van der Waals surface area contributed by atoms with Crippen molar-refractivity contribution in [3.8, 4) is 0 Å². The van der Waals surface area contributed by atoms with Crippen LogP contribution in [0.3, 0.4) is 0 Å². The number of imidazole rings is 1. The molecule has 0 saturated carbocycles. The molecule has 0 radical (unpaired) electrons. The summed E-state index contributed by atoms with van der Waals surface area (Å²) in [5.41, 5.74) is 6.40. The minimum atomic E-state index is 0.562. The molecule has 0 bridgehead atoms. The number of pyridine rings is 1. The molecule has 0 spiro atoms. The highest BCUT2D eigenvalue weighted by molar-refractivity contribution is 14.1. The molecular formula is C7H6IN3. The Hall–Kier alpha value is -0.780. The number of nitrogen functional groups attached to an aromatic ring is 1. The fraction of sp³-hybridized carbons (Fsp3) is 0. The number of halogens is 1. The van der Waals surface area contributed by atoms with E-state index in [1.807, 2.05) is 22.7 Å². The number of hydrogen-bond donors (Lipinski definition) is 1. The first-order valence-electron chi connectivity index (χ1n) is 3.15. The maximum atomic E-state index is 5.51. The summed E-state index contributed by atoms with van der Waals surface area (Å²) >= 11 is 2.24. The number of nitrogens with two attached hydrogens (primary N) is 1. The molecular weight excluding hydrogens is 253 g/mol.